The van der Waals surface area contributed by atoms with E-state index in [4.69, 9.17) is 39.5 Å². The zero-order chi connectivity index (χ0) is 26.7. The number of hydrogen-bond acceptors (Lipinski definition) is 5. The normalized spacial score (nSPS) is 14.5. The van der Waals surface area contributed by atoms with Crippen LogP contribution in [0.3, 0.4) is 0 Å². The number of halogens is 3. The summed E-state index contributed by atoms with van der Waals surface area (Å²) >= 11 is 18.1. The molecular formula is C26H18Cl3N3O5. The number of nitrogens with one attached hydrogen (secondary N) is 2. The fourth-order valence-corrected chi connectivity index (χ4v) is 3.89. The molecule has 1 fully saturated rings. The number of anilines is 2. The number of carbonyl (C=O) groups excluding carboxylic acids is 4. The molecule has 4 rings (SSSR count). The lowest BCUT2D eigenvalue weighted by Crippen LogP contribution is -2.54. The van der Waals surface area contributed by atoms with E-state index in [1.54, 1.807) is 42.5 Å². The number of hydrogen-bond donors (Lipinski definition) is 2. The minimum absolute atomic E-state index is 0.132. The Hall–Kier alpha value is -3.85. The van der Waals surface area contributed by atoms with Gasteiger partial charge in [0.2, 0.25) is 0 Å². The molecule has 188 valence electrons. The van der Waals surface area contributed by atoms with Gasteiger partial charge < -0.3 is 10.1 Å². The summed E-state index contributed by atoms with van der Waals surface area (Å²) in [4.78, 5) is 51.3. The van der Waals surface area contributed by atoms with Crippen molar-refractivity contribution in [3.63, 3.8) is 0 Å². The summed E-state index contributed by atoms with van der Waals surface area (Å²) in [6, 6.07) is 14.9. The summed E-state index contributed by atoms with van der Waals surface area (Å²) in [5.41, 5.74) is 1.54. The zero-order valence-electron chi connectivity index (χ0n) is 19.2. The summed E-state index contributed by atoms with van der Waals surface area (Å²) in [5, 5.41) is 5.71. The number of urea groups is 1. The Morgan fingerprint density at radius 3 is 2.46 bits per heavy atom. The minimum atomic E-state index is -0.928. The number of carbonyl (C=O) groups is 4. The van der Waals surface area contributed by atoms with Crippen LogP contribution >= 0.6 is 34.8 Å². The molecule has 0 saturated carbocycles. The molecule has 1 aliphatic heterocycles. The number of barbiturate groups is 1. The molecular weight excluding hydrogens is 541 g/mol. The van der Waals surface area contributed by atoms with Crippen molar-refractivity contribution in [1.29, 1.82) is 0 Å². The third-order valence-electron chi connectivity index (χ3n) is 5.30. The lowest BCUT2D eigenvalue weighted by atomic mass is 10.1. The van der Waals surface area contributed by atoms with Crippen molar-refractivity contribution < 1.29 is 23.9 Å². The lowest BCUT2D eigenvalue weighted by molar-refractivity contribution is -0.122. The number of benzene rings is 3. The minimum Gasteiger partial charge on any atom is -0.483 e. The number of nitrogens with zero attached hydrogens (tertiary/aromatic N) is 1. The summed E-state index contributed by atoms with van der Waals surface area (Å²) in [6.07, 6.45) is 1.28. The number of aryl methyl sites for hydroxylation is 1. The maximum atomic E-state index is 13.2. The standard InChI is InChI=1S/C26H18Cl3N3O5/c1-14-6-7-16(11-20(14)28)30-23(33)13-37-22-5-3-2-4-15(22)10-18-24(34)31-26(36)32(25(18)35)17-8-9-19(27)21(29)12-17/h2-12H,13H2,1H3,(H,30,33)(H,31,34,36)/b18-10-. The summed E-state index contributed by atoms with van der Waals surface area (Å²) in [5.74, 6) is -1.94. The van der Waals surface area contributed by atoms with Gasteiger partial charge in [-0.2, -0.15) is 0 Å². The van der Waals surface area contributed by atoms with Crippen molar-refractivity contribution in [3.05, 3.63) is 92.4 Å². The largest absolute Gasteiger partial charge is 0.483 e. The lowest BCUT2D eigenvalue weighted by Gasteiger charge is -2.26. The zero-order valence-corrected chi connectivity index (χ0v) is 21.4. The molecule has 3 aromatic carbocycles. The first kappa shape index (κ1) is 26.2. The maximum Gasteiger partial charge on any atom is 0.335 e. The number of ether oxygens (including phenoxy) is 1. The first-order valence-corrected chi connectivity index (χ1v) is 11.9. The number of rotatable bonds is 6. The first-order valence-electron chi connectivity index (χ1n) is 10.8. The van der Waals surface area contributed by atoms with Gasteiger partial charge in [-0.05, 0) is 55.0 Å². The van der Waals surface area contributed by atoms with Crippen LogP contribution in [0.15, 0.2) is 66.2 Å². The van der Waals surface area contributed by atoms with Crippen LogP contribution in [0.5, 0.6) is 5.75 Å². The van der Waals surface area contributed by atoms with Crippen molar-refractivity contribution in [2.75, 3.05) is 16.8 Å². The quantitative estimate of drug-likeness (QED) is 0.301. The summed E-state index contributed by atoms with van der Waals surface area (Å²) in [6.45, 7) is 1.50. The van der Waals surface area contributed by atoms with Gasteiger partial charge in [0, 0.05) is 16.3 Å². The molecule has 0 spiro atoms. The molecule has 11 heteroatoms. The monoisotopic (exact) mass is 557 g/mol. The van der Waals surface area contributed by atoms with Gasteiger partial charge in [-0.15, -0.1) is 0 Å². The number of para-hydroxylation sites is 1. The van der Waals surface area contributed by atoms with E-state index in [2.05, 4.69) is 10.6 Å². The van der Waals surface area contributed by atoms with Crippen molar-refractivity contribution in [1.82, 2.24) is 5.32 Å². The molecule has 37 heavy (non-hydrogen) atoms. The molecule has 1 saturated heterocycles. The van der Waals surface area contributed by atoms with Gasteiger partial charge in [-0.25, -0.2) is 9.69 Å². The third kappa shape index (κ3) is 5.94. The van der Waals surface area contributed by atoms with Crippen LogP contribution in [-0.2, 0) is 14.4 Å². The molecule has 2 N–H and O–H groups in total. The predicted octanol–water partition coefficient (Wildman–Crippen LogP) is 5.64. The van der Waals surface area contributed by atoms with E-state index < -0.39 is 23.8 Å². The fourth-order valence-electron chi connectivity index (χ4n) is 3.41. The van der Waals surface area contributed by atoms with E-state index in [0.29, 0.717) is 16.3 Å². The Morgan fingerprint density at radius 1 is 0.973 bits per heavy atom. The number of imide groups is 2. The Kier molecular flexibility index (Phi) is 7.83. The summed E-state index contributed by atoms with van der Waals surface area (Å²) in [7, 11) is 0. The summed E-state index contributed by atoms with van der Waals surface area (Å²) < 4.78 is 5.65. The molecule has 0 aromatic heterocycles. The smallest absolute Gasteiger partial charge is 0.335 e. The van der Waals surface area contributed by atoms with Crippen molar-refractivity contribution >= 4 is 76.0 Å². The van der Waals surface area contributed by atoms with Gasteiger partial charge in [-0.1, -0.05) is 59.1 Å². The highest BCUT2D eigenvalue weighted by molar-refractivity contribution is 6.43. The second kappa shape index (κ2) is 11.0. The SMILES string of the molecule is Cc1ccc(NC(=O)COc2ccccc2/C=C2/C(=O)NC(=O)N(c3ccc(Cl)c(Cl)c3)C2=O)cc1Cl. The van der Waals surface area contributed by atoms with Gasteiger partial charge >= 0.3 is 6.03 Å². The van der Waals surface area contributed by atoms with Crippen LogP contribution in [0.4, 0.5) is 16.2 Å². The Morgan fingerprint density at radius 2 is 1.73 bits per heavy atom. The fraction of sp³-hybridized carbons (Fsp3) is 0.0769. The molecule has 8 nitrogen and oxygen atoms in total. The van der Waals surface area contributed by atoms with E-state index in [-0.39, 0.29) is 33.7 Å². The molecule has 0 unspecified atom stereocenters. The highest BCUT2D eigenvalue weighted by Gasteiger charge is 2.37. The van der Waals surface area contributed by atoms with Crippen LogP contribution in [0.2, 0.25) is 15.1 Å². The van der Waals surface area contributed by atoms with Crippen molar-refractivity contribution in [3.8, 4) is 5.75 Å². The second-order valence-electron chi connectivity index (χ2n) is 7.89. The van der Waals surface area contributed by atoms with Crippen molar-refractivity contribution in [2.45, 2.75) is 6.92 Å². The van der Waals surface area contributed by atoms with Gasteiger partial charge in [0.15, 0.2) is 6.61 Å². The van der Waals surface area contributed by atoms with Crippen LogP contribution in [0, 0.1) is 6.92 Å². The van der Waals surface area contributed by atoms with Crippen LogP contribution in [0.1, 0.15) is 11.1 Å². The second-order valence-corrected chi connectivity index (χ2v) is 9.12. The molecule has 0 radical (unpaired) electrons. The van der Waals surface area contributed by atoms with E-state index >= 15 is 0 Å². The average molecular weight is 559 g/mol. The Bertz CT molecular complexity index is 1470. The van der Waals surface area contributed by atoms with Gasteiger partial charge in [-0.3, -0.25) is 19.7 Å². The molecule has 0 atom stereocenters. The maximum absolute atomic E-state index is 13.2. The topological polar surface area (TPSA) is 105 Å². The van der Waals surface area contributed by atoms with Gasteiger partial charge in [0.1, 0.15) is 11.3 Å². The Labute approximate surface area is 226 Å². The van der Waals surface area contributed by atoms with Crippen molar-refractivity contribution in [2.24, 2.45) is 0 Å². The Balaban J connectivity index is 1.55. The van der Waals surface area contributed by atoms with E-state index in [1.165, 1.54) is 24.3 Å². The first-order chi connectivity index (χ1) is 17.6. The van der Waals surface area contributed by atoms with Crippen LogP contribution < -0.4 is 20.3 Å². The molecule has 0 bridgehead atoms. The van der Waals surface area contributed by atoms with Crippen LogP contribution in [-0.4, -0.2) is 30.4 Å². The van der Waals surface area contributed by atoms with Gasteiger partial charge in [0.05, 0.1) is 15.7 Å². The van der Waals surface area contributed by atoms with E-state index in [9.17, 15) is 19.2 Å². The molecule has 1 aliphatic rings. The van der Waals surface area contributed by atoms with Crippen LogP contribution in [0.25, 0.3) is 6.08 Å². The average Bonchev–Trinajstić information content (AvgIpc) is 2.85. The van der Waals surface area contributed by atoms with E-state index in [1.807, 2.05) is 6.92 Å². The van der Waals surface area contributed by atoms with E-state index in [0.717, 1.165) is 10.5 Å². The molecule has 3 aromatic rings. The number of amides is 5. The predicted molar refractivity (Wildman–Crippen MR) is 142 cm³/mol. The molecule has 5 amide bonds. The van der Waals surface area contributed by atoms with Gasteiger partial charge in [0.25, 0.3) is 17.7 Å². The highest BCUT2D eigenvalue weighted by atomic mass is 35.5. The highest BCUT2D eigenvalue weighted by Crippen LogP contribution is 2.30. The third-order valence-corrected chi connectivity index (χ3v) is 6.44. The molecule has 1 heterocycles. The molecule has 0 aliphatic carbocycles.